The maximum atomic E-state index is 2.55. The summed E-state index contributed by atoms with van der Waals surface area (Å²) in [6.07, 6.45) is 0. The highest BCUT2D eigenvalue weighted by Crippen LogP contribution is 2.47. The summed E-state index contributed by atoms with van der Waals surface area (Å²) in [6, 6.07) is 115. The highest BCUT2D eigenvalue weighted by Gasteiger charge is 2.52. The van der Waals surface area contributed by atoms with Crippen LogP contribution in [0.5, 0.6) is 0 Å². The summed E-state index contributed by atoms with van der Waals surface area (Å²) in [5.74, 6) is 1.18. The Morgan fingerprint density at radius 2 is 0.926 bits per heavy atom. The van der Waals surface area contributed by atoms with Gasteiger partial charge in [-0.05, 0) is 150 Å². The van der Waals surface area contributed by atoms with Crippen molar-refractivity contribution in [2.24, 2.45) is 0 Å². The summed E-state index contributed by atoms with van der Waals surface area (Å²) >= 11 is 1.86. The van der Waals surface area contributed by atoms with E-state index in [0.717, 1.165) is 39.6 Å². The lowest BCUT2D eigenvalue weighted by Crippen LogP contribution is -2.77. The number of para-hydroxylation sites is 3. The lowest BCUT2D eigenvalue weighted by Gasteiger charge is -2.44. The topological polar surface area (TPSA) is 11.4 Å². The largest absolute Gasteiger partial charge is 0.310 e. The number of thiophene rings is 1. The quantitative estimate of drug-likeness (QED) is 0.105. The van der Waals surface area contributed by atoms with E-state index in [0.29, 0.717) is 0 Å². The molecule has 0 saturated heterocycles. The minimum absolute atomic E-state index is 1.10. The van der Waals surface area contributed by atoms with Gasteiger partial charge in [-0.1, -0.05) is 218 Å². The van der Waals surface area contributed by atoms with Crippen molar-refractivity contribution >= 4 is 127 Å². The van der Waals surface area contributed by atoms with Gasteiger partial charge in [-0.15, -0.1) is 11.3 Å². The fraction of sp³-hybridized carbons (Fsp3) is 0. The Morgan fingerprint density at radius 1 is 0.346 bits per heavy atom. The van der Waals surface area contributed by atoms with Crippen LogP contribution in [0.1, 0.15) is 0 Å². The molecule has 1 aliphatic heterocycles. The lowest BCUT2D eigenvalue weighted by atomic mass is 9.96. The van der Waals surface area contributed by atoms with E-state index in [1.54, 1.807) is 0 Å². The Bertz CT molecular complexity index is 4840. The van der Waals surface area contributed by atoms with Gasteiger partial charge in [-0.25, -0.2) is 0 Å². The van der Waals surface area contributed by atoms with Crippen LogP contribution in [0.15, 0.2) is 309 Å². The number of benzene rings is 13. The van der Waals surface area contributed by atoms with Gasteiger partial charge < -0.3 is 4.90 Å². The average molecular weight is 1070 g/mol. The fourth-order valence-corrected chi connectivity index (χ4v) is 19.7. The van der Waals surface area contributed by atoms with Crippen LogP contribution < -0.4 is 30.5 Å². The molecule has 0 N–H and O–H groups in total. The molecule has 0 bridgehead atoms. The van der Waals surface area contributed by atoms with Gasteiger partial charge >= 0.3 is 0 Å². The Labute approximate surface area is 475 Å². The number of hydrogen-bond donors (Lipinski definition) is 0. The SMILES string of the molecule is c1ccc(N2c3ccccc3[Si](c3ccccc3)(c3ccccc3)c3c2n(-c2ccccc2)c2cccc(-c4cccc(-c5ccc(N(c6ccc7c(ccc8ccccc87)c6)c6ccc7sc8ccccc8c7c6)cc5)c4)c32)cc1. The molecular formula is C76H51N3SSi. The minimum atomic E-state index is -3.16. The molecule has 0 fully saturated rings. The second kappa shape index (κ2) is 19.1. The first-order valence-electron chi connectivity index (χ1n) is 27.8. The molecule has 0 saturated carbocycles. The number of nitrogens with zero attached hydrogens (tertiary/aromatic N) is 3. The molecular weight excluding hydrogens is 1020 g/mol. The van der Waals surface area contributed by atoms with Crippen molar-refractivity contribution in [3.05, 3.63) is 309 Å². The maximum Gasteiger partial charge on any atom is 0.186 e. The first-order chi connectivity index (χ1) is 40.2. The standard InChI is InChI=1S/C76H51N3SSi/c1-5-24-57(25-6-1)78-69-35-16-18-38-73(69)81(62-28-9-3-10-29-62,63-30-11-4-12-31-63)75-74-66(34-20-36-70(74)79(76(75)78)58-26-7-2-8-27-58)55-23-19-22-54(49-55)52-41-43-59(44-42-52)77(61-46-48-72-68(51-61)67-33-15-17-37-71(67)80-72)60-45-47-65-56(50-60)40-39-53-21-13-14-32-64(53)65/h1-51H. The first kappa shape index (κ1) is 47.0. The monoisotopic (exact) mass is 1070 g/mol. The number of rotatable bonds is 9. The highest BCUT2D eigenvalue weighted by atomic mass is 32.1. The molecule has 0 aliphatic carbocycles. The third kappa shape index (κ3) is 7.47. The molecule has 0 radical (unpaired) electrons. The van der Waals surface area contributed by atoms with Crippen LogP contribution in [0.4, 0.5) is 34.3 Å². The second-order valence-corrected chi connectivity index (χ2v) is 26.0. The fourth-order valence-electron chi connectivity index (χ4n) is 13.3. The van der Waals surface area contributed by atoms with Crippen molar-refractivity contribution in [2.75, 3.05) is 9.80 Å². The summed E-state index contributed by atoms with van der Waals surface area (Å²) in [7, 11) is -3.16. The summed E-state index contributed by atoms with van der Waals surface area (Å²) in [6.45, 7) is 0. The van der Waals surface area contributed by atoms with E-state index in [1.165, 1.54) is 96.0 Å². The third-order valence-corrected chi connectivity index (χ3v) is 22.8. The van der Waals surface area contributed by atoms with Crippen molar-refractivity contribution in [3.8, 4) is 27.9 Å². The van der Waals surface area contributed by atoms with Crippen molar-refractivity contribution in [1.82, 2.24) is 4.57 Å². The van der Waals surface area contributed by atoms with E-state index in [2.05, 4.69) is 324 Å². The van der Waals surface area contributed by atoms with Gasteiger partial charge in [0.1, 0.15) is 5.82 Å². The van der Waals surface area contributed by atoms with E-state index >= 15 is 0 Å². The minimum Gasteiger partial charge on any atom is -0.310 e. The number of fused-ring (bicyclic) bond motifs is 10. The van der Waals surface area contributed by atoms with E-state index in [1.807, 2.05) is 11.3 Å². The van der Waals surface area contributed by atoms with Crippen molar-refractivity contribution in [2.45, 2.75) is 0 Å². The van der Waals surface area contributed by atoms with Gasteiger partial charge in [0.15, 0.2) is 8.07 Å². The Hall–Kier alpha value is -10.0. The lowest BCUT2D eigenvalue weighted by molar-refractivity contribution is 1.08. The van der Waals surface area contributed by atoms with E-state index in [9.17, 15) is 0 Å². The molecule has 1 aliphatic rings. The molecule has 3 heterocycles. The molecule has 15 aromatic rings. The van der Waals surface area contributed by atoms with Crippen molar-refractivity contribution in [3.63, 3.8) is 0 Å². The van der Waals surface area contributed by atoms with Gasteiger partial charge in [0.25, 0.3) is 0 Å². The molecule has 81 heavy (non-hydrogen) atoms. The second-order valence-electron chi connectivity index (χ2n) is 21.2. The Balaban J connectivity index is 0.896. The third-order valence-electron chi connectivity index (χ3n) is 16.8. The molecule has 380 valence electrons. The Morgan fingerprint density at radius 3 is 1.70 bits per heavy atom. The van der Waals surface area contributed by atoms with Gasteiger partial charge in [0.05, 0.1) is 5.52 Å². The van der Waals surface area contributed by atoms with Gasteiger partial charge in [-0.2, -0.15) is 0 Å². The van der Waals surface area contributed by atoms with Crippen molar-refractivity contribution in [1.29, 1.82) is 0 Å². The summed E-state index contributed by atoms with van der Waals surface area (Å²) in [5.41, 5.74) is 12.6. The predicted octanol–water partition coefficient (Wildman–Crippen LogP) is 18.3. The van der Waals surface area contributed by atoms with Crippen LogP contribution in [0, 0.1) is 0 Å². The summed E-state index contributed by atoms with van der Waals surface area (Å²) in [4.78, 5) is 4.97. The van der Waals surface area contributed by atoms with Gasteiger partial charge in [-0.3, -0.25) is 9.47 Å². The van der Waals surface area contributed by atoms with Crippen LogP contribution in [0.2, 0.25) is 0 Å². The normalized spacial score (nSPS) is 12.8. The number of aromatic nitrogens is 1. The molecule has 3 nitrogen and oxygen atoms in total. The first-order valence-corrected chi connectivity index (χ1v) is 30.6. The molecule has 16 rings (SSSR count). The number of hydrogen-bond acceptors (Lipinski definition) is 3. The molecule has 0 spiro atoms. The zero-order valence-electron chi connectivity index (χ0n) is 44.2. The summed E-state index contributed by atoms with van der Waals surface area (Å²) < 4.78 is 5.15. The number of anilines is 6. The molecule has 5 heteroatoms. The smallest absolute Gasteiger partial charge is 0.186 e. The Kier molecular flexibility index (Phi) is 11.1. The van der Waals surface area contributed by atoms with Crippen LogP contribution in [-0.2, 0) is 0 Å². The van der Waals surface area contributed by atoms with Crippen LogP contribution >= 0.6 is 11.3 Å². The highest BCUT2D eigenvalue weighted by molar-refractivity contribution is 7.26. The average Bonchev–Trinajstić information content (AvgIpc) is 2.35. The van der Waals surface area contributed by atoms with Crippen LogP contribution in [0.25, 0.3) is 80.6 Å². The molecule has 0 unspecified atom stereocenters. The zero-order valence-corrected chi connectivity index (χ0v) is 46.0. The molecule has 2 aromatic heterocycles. The maximum absolute atomic E-state index is 3.16. The van der Waals surface area contributed by atoms with Gasteiger partial charge in [0, 0.05) is 64.9 Å². The van der Waals surface area contributed by atoms with Gasteiger partial charge in [0.2, 0.25) is 0 Å². The zero-order chi connectivity index (χ0) is 53.4. The molecule has 0 atom stereocenters. The van der Waals surface area contributed by atoms with E-state index < -0.39 is 8.07 Å². The predicted molar refractivity (Wildman–Crippen MR) is 349 cm³/mol. The van der Waals surface area contributed by atoms with Crippen LogP contribution in [-0.4, -0.2) is 12.6 Å². The van der Waals surface area contributed by atoms with E-state index in [-0.39, 0.29) is 0 Å². The van der Waals surface area contributed by atoms with Crippen molar-refractivity contribution < 1.29 is 0 Å². The van der Waals surface area contributed by atoms with Crippen LogP contribution in [0.3, 0.4) is 0 Å². The van der Waals surface area contributed by atoms with E-state index in [4.69, 9.17) is 0 Å². The summed E-state index contributed by atoms with van der Waals surface area (Å²) in [5, 5.41) is 14.3. The molecule has 13 aromatic carbocycles. The molecule has 0 amide bonds.